The van der Waals surface area contributed by atoms with Crippen molar-refractivity contribution in [2.75, 3.05) is 5.32 Å². The fourth-order valence-electron chi connectivity index (χ4n) is 3.58. The molecular weight excluding hydrogens is 504 g/mol. The number of anilines is 2. The van der Waals surface area contributed by atoms with Crippen LogP contribution in [0.2, 0.25) is 8.73 Å². The molecule has 31 heavy (non-hydrogen) atoms. The van der Waals surface area contributed by atoms with E-state index in [0.717, 1.165) is 44.3 Å². The Hall–Kier alpha value is -2.54. The van der Waals surface area contributed by atoms with Crippen LogP contribution in [0.15, 0.2) is 36.8 Å². The zero-order valence-corrected chi connectivity index (χ0v) is 20.6. The normalized spacial score (nSPS) is 16.6. The topological polar surface area (TPSA) is 110 Å². The molecule has 10 heteroatoms. The molecule has 4 rings (SSSR count). The van der Waals surface area contributed by atoms with Crippen molar-refractivity contribution in [3.05, 3.63) is 48.0 Å². The van der Waals surface area contributed by atoms with Crippen molar-refractivity contribution in [1.82, 2.24) is 30.3 Å². The van der Waals surface area contributed by atoms with Gasteiger partial charge >= 0.3 is 171 Å². The van der Waals surface area contributed by atoms with Crippen molar-refractivity contribution >= 4 is 38.4 Å². The summed E-state index contributed by atoms with van der Waals surface area (Å²) >= 11 is -1.92. The minimum atomic E-state index is -1.92. The van der Waals surface area contributed by atoms with Crippen LogP contribution in [0, 0.1) is 12.8 Å². The number of pyridine rings is 1. The molecule has 0 saturated carbocycles. The third-order valence-electron chi connectivity index (χ3n) is 4.98. The number of aromatic nitrogens is 5. The number of rotatable bonds is 7. The standard InChI is InChI=1S/C17H20N6.C4H9NO2.Sb/c1-4-12(2)7-14-8-17(22-21-14)20-16-9-15(5-6-18-16)23-11-13(3)10-19-23;1-3(2)5-4(6)7;/h5-6,8-12H,1-2,4,7H2,3H3,(H2,18,20,21,22);3,5H,1-2H3,(H,6,7);/q;;+1/p-1. The van der Waals surface area contributed by atoms with Gasteiger partial charge in [0.15, 0.2) is 0 Å². The second kappa shape index (κ2) is 9.72. The predicted molar refractivity (Wildman–Crippen MR) is 120 cm³/mol. The number of aryl methyl sites for hydroxylation is 1. The van der Waals surface area contributed by atoms with Gasteiger partial charge in [-0.1, -0.05) is 0 Å². The molecule has 164 valence electrons. The Morgan fingerprint density at radius 2 is 2.26 bits per heavy atom. The van der Waals surface area contributed by atoms with E-state index in [-0.39, 0.29) is 12.1 Å². The number of carbonyl (C=O) groups excluding carboxylic acids is 1. The predicted octanol–water partition coefficient (Wildman–Crippen LogP) is 3.73. The van der Waals surface area contributed by atoms with Gasteiger partial charge in [0.1, 0.15) is 0 Å². The van der Waals surface area contributed by atoms with Crippen LogP contribution in [0.4, 0.5) is 16.4 Å². The molecule has 1 fully saturated rings. The summed E-state index contributed by atoms with van der Waals surface area (Å²) in [6, 6.07) is 5.99. The van der Waals surface area contributed by atoms with Crippen molar-refractivity contribution in [1.29, 1.82) is 0 Å². The van der Waals surface area contributed by atoms with Gasteiger partial charge in [0.2, 0.25) is 0 Å². The number of H-pyrrole nitrogens is 1. The fraction of sp³-hybridized carbons (Fsp3) is 0.429. The first kappa shape index (κ1) is 21.7. The summed E-state index contributed by atoms with van der Waals surface area (Å²) in [5.41, 5.74) is 3.12. The first-order chi connectivity index (χ1) is 14.9. The van der Waals surface area contributed by atoms with E-state index in [4.69, 9.17) is 3.02 Å². The van der Waals surface area contributed by atoms with Crippen molar-refractivity contribution in [2.45, 2.75) is 48.4 Å². The first-order valence-electron chi connectivity index (χ1n) is 10.5. The van der Waals surface area contributed by atoms with Crippen LogP contribution < -0.4 is 10.6 Å². The van der Waals surface area contributed by atoms with Crippen LogP contribution in [0.5, 0.6) is 0 Å². The molecule has 0 aromatic carbocycles. The van der Waals surface area contributed by atoms with Gasteiger partial charge in [0.25, 0.3) is 0 Å². The molecule has 1 saturated heterocycles. The van der Waals surface area contributed by atoms with Crippen LogP contribution in [-0.2, 0) is 9.44 Å². The van der Waals surface area contributed by atoms with E-state index >= 15 is 0 Å². The maximum absolute atomic E-state index is 11.8. The molecule has 1 unspecified atom stereocenters. The van der Waals surface area contributed by atoms with Gasteiger partial charge in [-0.05, 0) is 12.5 Å². The van der Waals surface area contributed by atoms with Gasteiger partial charge in [-0.25, -0.2) is 0 Å². The zero-order chi connectivity index (χ0) is 21.8. The average molecular weight is 532 g/mol. The molecule has 1 aliphatic rings. The van der Waals surface area contributed by atoms with E-state index in [2.05, 4.69) is 30.9 Å². The molecule has 1 atom stereocenters. The van der Waals surface area contributed by atoms with Crippen molar-refractivity contribution in [3.63, 3.8) is 0 Å². The van der Waals surface area contributed by atoms with Gasteiger partial charge in [-0.2, -0.15) is 0 Å². The van der Waals surface area contributed by atoms with Crippen LogP contribution in [0.1, 0.15) is 31.5 Å². The molecule has 0 aliphatic carbocycles. The van der Waals surface area contributed by atoms with Gasteiger partial charge in [0.05, 0.1) is 6.20 Å². The molecular formula is C21H28N7O2Sb. The van der Waals surface area contributed by atoms with E-state index in [1.807, 2.05) is 56.0 Å². The van der Waals surface area contributed by atoms with E-state index in [1.54, 1.807) is 6.20 Å². The van der Waals surface area contributed by atoms with E-state index in [1.165, 1.54) is 0 Å². The number of amides is 1. The molecule has 0 bridgehead atoms. The molecule has 0 radical (unpaired) electrons. The third-order valence-corrected chi connectivity index (χ3v) is 11.0. The number of hydrogen-bond acceptors (Lipinski definition) is 6. The summed E-state index contributed by atoms with van der Waals surface area (Å²) in [6.45, 7) is 5.90. The first-order valence-corrected chi connectivity index (χ1v) is 15.1. The molecule has 9 nitrogen and oxygen atoms in total. The molecule has 3 aromatic heterocycles. The molecule has 0 spiro atoms. The Kier molecular flexibility index (Phi) is 6.80. The maximum atomic E-state index is 11.8. The Balaban J connectivity index is 1.31. The third kappa shape index (κ3) is 6.00. The zero-order valence-electron chi connectivity index (χ0n) is 18.0. The number of nitrogens with one attached hydrogen (secondary N) is 3. The molecule has 4 heterocycles. The monoisotopic (exact) mass is 531 g/mol. The Morgan fingerprint density at radius 1 is 1.39 bits per heavy atom. The number of nitrogens with zero attached hydrogens (tertiary/aromatic N) is 4. The van der Waals surface area contributed by atoms with Crippen LogP contribution >= 0.6 is 0 Å². The van der Waals surface area contributed by atoms with Gasteiger partial charge in [-0.3, -0.25) is 0 Å². The van der Waals surface area contributed by atoms with Crippen molar-refractivity contribution in [2.24, 2.45) is 5.92 Å². The SMILES string of the molecule is Cc1cnn(-c2ccnc(Nc3cc(CC4C[CH2][Sb]([O]C(=O)NC(C)C)[CH2]4)[nH]n3)c2)c1. The molecule has 1 amide bonds. The number of aromatic amines is 1. The van der Waals surface area contributed by atoms with Crippen molar-refractivity contribution in [3.8, 4) is 5.69 Å². The quantitative estimate of drug-likeness (QED) is 0.401. The second-order valence-corrected chi connectivity index (χ2v) is 13.8. The molecule has 1 aliphatic heterocycles. The summed E-state index contributed by atoms with van der Waals surface area (Å²) in [5.74, 6) is 2.00. The van der Waals surface area contributed by atoms with Crippen LogP contribution in [0.3, 0.4) is 0 Å². The minimum absolute atomic E-state index is 0.112. The van der Waals surface area contributed by atoms with E-state index in [9.17, 15) is 4.79 Å². The molecule has 3 aromatic rings. The number of hydrogen-bond donors (Lipinski definition) is 3. The Labute approximate surface area is 189 Å². The summed E-state index contributed by atoms with van der Waals surface area (Å²) in [4.78, 5) is 16.2. The summed E-state index contributed by atoms with van der Waals surface area (Å²) < 4.78 is 9.67. The van der Waals surface area contributed by atoms with Crippen molar-refractivity contribution < 1.29 is 7.81 Å². The molecule has 3 N–H and O–H groups in total. The Morgan fingerprint density at radius 3 is 3.03 bits per heavy atom. The fourth-order valence-corrected chi connectivity index (χ4v) is 9.79. The van der Waals surface area contributed by atoms with Crippen LogP contribution in [0.25, 0.3) is 5.69 Å². The summed E-state index contributed by atoms with van der Waals surface area (Å²) in [7, 11) is 0. The summed E-state index contributed by atoms with van der Waals surface area (Å²) in [6.07, 6.45) is 7.35. The van der Waals surface area contributed by atoms with Gasteiger partial charge in [0, 0.05) is 0 Å². The summed E-state index contributed by atoms with van der Waals surface area (Å²) in [5, 5.41) is 17.9. The van der Waals surface area contributed by atoms with E-state index in [0.29, 0.717) is 11.7 Å². The van der Waals surface area contributed by atoms with E-state index < -0.39 is 20.6 Å². The van der Waals surface area contributed by atoms with Gasteiger partial charge in [-0.15, -0.1) is 0 Å². The van der Waals surface area contributed by atoms with Crippen LogP contribution in [-0.4, -0.2) is 57.7 Å². The Bertz CT molecular complexity index is 1030. The van der Waals surface area contributed by atoms with Gasteiger partial charge < -0.3 is 0 Å². The average Bonchev–Trinajstić information content (AvgIpc) is 3.44. The second-order valence-electron chi connectivity index (χ2n) is 8.19. The number of carbonyl (C=O) groups is 1.